The van der Waals surface area contributed by atoms with Gasteiger partial charge in [-0.25, -0.2) is 0 Å². The quantitative estimate of drug-likeness (QED) is 0.681. The smallest absolute Gasteiger partial charge is 0.274 e. The minimum absolute atomic E-state index is 0.0341. The fourth-order valence-electron chi connectivity index (χ4n) is 2.32. The second kappa shape index (κ2) is 4.85. The summed E-state index contributed by atoms with van der Waals surface area (Å²) in [6.07, 6.45) is 0. The van der Waals surface area contributed by atoms with E-state index in [9.17, 15) is 15.2 Å². The number of nitro benzene ring substituents is 1. The lowest BCUT2D eigenvalue weighted by molar-refractivity contribution is -0.385. The third-order valence-electron chi connectivity index (χ3n) is 3.35. The summed E-state index contributed by atoms with van der Waals surface area (Å²) in [6, 6.07) is 7.05. The largest absolute Gasteiger partial charge is 0.392 e. The van der Waals surface area contributed by atoms with Gasteiger partial charge in [-0.2, -0.15) is 0 Å². The van der Waals surface area contributed by atoms with Crippen molar-refractivity contribution in [1.82, 2.24) is 4.57 Å². The molecule has 5 nitrogen and oxygen atoms in total. The van der Waals surface area contributed by atoms with Crippen LogP contribution in [0.5, 0.6) is 0 Å². The van der Waals surface area contributed by atoms with E-state index < -0.39 is 0 Å². The molecule has 0 saturated carbocycles. The molecule has 0 bridgehead atoms. The first-order valence-corrected chi connectivity index (χ1v) is 5.99. The first kappa shape index (κ1) is 13.3. The highest BCUT2D eigenvalue weighted by atomic mass is 16.6. The zero-order valence-corrected chi connectivity index (χ0v) is 11.2. The molecule has 0 amide bonds. The molecule has 0 saturated heterocycles. The van der Waals surface area contributed by atoms with E-state index in [1.165, 1.54) is 0 Å². The summed E-state index contributed by atoms with van der Waals surface area (Å²) in [7, 11) is 0. The van der Waals surface area contributed by atoms with Crippen molar-refractivity contribution < 1.29 is 10.0 Å². The van der Waals surface area contributed by atoms with Gasteiger partial charge in [-0.05, 0) is 38.5 Å². The minimum atomic E-state index is -0.375. The Labute approximate surface area is 111 Å². The number of aliphatic hydroxyl groups is 1. The zero-order valence-electron chi connectivity index (χ0n) is 11.2. The molecule has 0 aliphatic rings. The van der Waals surface area contributed by atoms with Crippen molar-refractivity contribution in [3.8, 4) is 5.69 Å². The predicted octanol–water partition coefficient (Wildman–Crippen LogP) is 2.80. The van der Waals surface area contributed by atoms with Crippen LogP contribution in [0.4, 0.5) is 5.69 Å². The van der Waals surface area contributed by atoms with Gasteiger partial charge in [0.05, 0.1) is 17.2 Å². The molecule has 0 spiro atoms. The topological polar surface area (TPSA) is 68.3 Å². The van der Waals surface area contributed by atoms with Crippen molar-refractivity contribution >= 4 is 5.69 Å². The van der Waals surface area contributed by atoms with Crippen LogP contribution in [-0.2, 0) is 6.61 Å². The van der Waals surface area contributed by atoms with Crippen LogP contribution in [0.3, 0.4) is 0 Å². The Bertz CT molecular complexity index is 644. The monoisotopic (exact) mass is 260 g/mol. The zero-order chi connectivity index (χ0) is 14.2. The number of hydrogen-bond acceptors (Lipinski definition) is 3. The van der Waals surface area contributed by atoms with Gasteiger partial charge in [0.15, 0.2) is 0 Å². The number of aryl methyl sites for hydroxylation is 2. The Balaban J connectivity index is 2.63. The van der Waals surface area contributed by atoms with Gasteiger partial charge in [-0.3, -0.25) is 10.1 Å². The van der Waals surface area contributed by atoms with E-state index in [0.717, 1.165) is 22.6 Å². The minimum Gasteiger partial charge on any atom is -0.392 e. The van der Waals surface area contributed by atoms with Crippen LogP contribution < -0.4 is 0 Å². The summed E-state index contributed by atoms with van der Waals surface area (Å²) in [5.41, 5.74) is 4.17. The summed E-state index contributed by atoms with van der Waals surface area (Å²) in [6.45, 7) is 5.49. The summed E-state index contributed by atoms with van der Waals surface area (Å²) >= 11 is 0. The van der Waals surface area contributed by atoms with Gasteiger partial charge in [0.25, 0.3) is 5.69 Å². The van der Waals surface area contributed by atoms with Gasteiger partial charge in [-0.15, -0.1) is 0 Å². The van der Waals surface area contributed by atoms with Gasteiger partial charge in [0, 0.05) is 23.0 Å². The number of benzene rings is 1. The lowest BCUT2D eigenvalue weighted by Crippen LogP contribution is -2.01. The van der Waals surface area contributed by atoms with Crippen molar-refractivity contribution in [3.63, 3.8) is 0 Å². The van der Waals surface area contributed by atoms with Gasteiger partial charge >= 0.3 is 0 Å². The molecule has 2 rings (SSSR count). The van der Waals surface area contributed by atoms with Crippen molar-refractivity contribution in [2.24, 2.45) is 0 Å². The van der Waals surface area contributed by atoms with E-state index in [1.54, 1.807) is 19.1 Å². The van der Waals surface area contributed by atoms with Gasteiger partial charge in [0.1, 0.15) is 0 Å². The third-order valence-corrected chi connectivity index (χ3v) is 3.35. The number of nitro groups is 1. The molecule has 0 radical (unpaired) electrons. The van der Waals surface area contributed by atoms with Crippen LogP contribution in [0.2, 0.25) is 0 Å². The lowest BCUT2D eigenvalue weighted by atomic mass is 10.2. The third kappa shape index (κ3) is 2.24. The highest BCUT2D eigenvalue weighted by Gasteiger charge is 2.15. The van der Waals surface area contributed by atoms with Gasteiger partial charge < -0.3 is 9.67 Å². The van der Waals surface area contributed by atoms with Crippen molar-refractivity contribution in [1.29, 1.82) is 0 Å². The number of aromatic nitrogens is 1. The fourth-order valence-corrected chi connectivity index (χ4v) is 2.32. The summed E-state index contributed by atoms with van der Waals surface area (Å²) in [5.74, 6) is 0. The van der Waals surface area contributed by atoms with Gasteiger partial charge in [-0.1, -0.05) is 6.07 Å². The summed E-state index contributed by atoms with van der Waals surface area (Å²) in [5, 5.41) is 20.3. The van der Waals surface area contributed by atoms with Crippen LogP contribution in [0.25, 0.3) is 5.69 Å². The fraction of sp³-hybridized carbons (Fsp3) is 0.286. The number of rotatable bonds is 3. The maximum Gasteiger partial charge on any atom is 0.274 e. The molecule has 0 aliphatic heterocycles. The Hall–Kier alpha value is -2.14. The molecular formula is C14H16N2O3. The molecule has 1 aromatic heterocycles. The Morgan fingerprint density at radius 2 is 1.95 bits per heavy atom. The highest BCUT2D eigenvalue weighted by molar-refractivity contribution is 5.51. The molecule has 2 aromatic rings. The average molecular weight is 260 g/mol. The standard InChI is InChI=1S/C14H16N2O3/c1-9-4-5-13(7-14(9)16(18)19)15-10(2)6-12(8-17)11(15)3/h4-7,17H,8H2,1-3H3. The lowest BCUT2D eigenvalue weighted by Gasteiger charge is -2.10. The van der Waals surface area contributed by atoms with Crippen molar-refractivity contribution in [2.45, 2.75) is 27.4 Å². The van der Waals surface area contributed by atoms with E-state index >= 15 is 0 Å². The first-order chi connectivity index (χ1) is 8.95. The number of hydrogen-bond donors (Lipinski definition) is 1. The van der Waals surface area contributed by atoms with Crippen molar-refractivity contribution in [3.05, 3.63) is 56.9 Å². The maximum atomic E-state index is 11.0. The first-order valence-electron chi connectivity index (χ1n) is 5.99. The molecular weight excluding hydrogens is 244 g/mol. The van der Waals surface area contributed by atoms with Crippen LogP contribution in [0.1, 0.15) is 22.5 Å². The molecule has 1 aromatic carbocycles. The van der Waals surface area contributed by atoms with Crippen molar-refractivity contribution in [2.75, 3.05) is 0 Å². The number of nitrogens with zero attached hydrogens (tertiary/aromatic N) is 2. The van der Waals surface area contributed by atoms with E-state index in [4.69, 9.17) is 0 Å². The maximum absolute atomic E-state index is 11.0. The molecule has 1 heterocycles. The molecule has 0 atom stereocenters. The van der Waals surface area contributed by atoms with Gasteiger partial charge in [0.2, 0.25) is 0 Å². The Morgan fingerprint density at radius 1 is 1.26 bits per heavy atom. The summed E-state index contributed by atoms with van der Waals surface area (Å²) < 4.78 is 1.91. The Morgan fingerprint density at radius 3 is 2.47 bits per heavy atom. The van der Waals surface area contributed by atoms with Crippen LogP contribution >= 0.6 is 0 Å². The Kier molecular flexibility index (Phi) is 3.40. The molecule has 5 heteroatoms. The molecule has 0 unspecified atom stereocenters. The van der Waals surface area contributed by atoms with E-state index in [0.29, 0.717) is 5.56 Å². The average Bonchev–Trinajstić information content (AvgIpc) is 2.65. The normalized spacial score (nSPS) is 10.7. The highest BCUT2D eigenvalue weighted by Crippen LogP contribution is 2.26. The molecule has 19 heavy (non-hydrogen) atoms. The molecule has 1 N–H and O–H groups in total. The second-order valence-corrected chi connectivity index (χ2v) is 4.62. The van der Waals surface area contributed by atoms with Crippen LogP contribution in [-0.4, -0.2) is 14.6 Å². The summed E-state index contributed by atoms with van der Waals surface area (Å²) in [4.78, 5) is 10.6. The van der Waals surface area contributed by atoms with E-state index in [2.05, 4.69) is 0 Å². The number of aliphatic hydroxyl groups excluding tert-OH is 1. The molecule has 0 aliphatic carbocycles. The van der Waals surface area contributed by atoms with E-state index in [-0.39, 0.29) is 17.2 Å². The second-order valence-electron chi connectivity index (χ2n) is 4.62. The SMILES string of the molecule is Cc1ccc(-n2c(C)cc(CO)c2C)cc1[N+](=O)[O-]. The molecule has 0 fully saturated rings. The van der Waals surface area contributed by atoms with Crippen LogP contribution in [0.15, 0.2) is 24.3 Å². The predicted molar refractivity (Wildman–Crippen MR) is 72.6 cm³/mol. The molecule has 100 valence electrons. The van der Waals surface area contributed by atoms with Crippen LogP contribution in [0, 0.1) is 30.9 Å². The van der Waals surface area contributed by atoms with E-state index in [1.807, 2.05) is 30.5 Å².